The molecule has 0 saturated carbocycles. The second-order valence-corrected chi connectivity index (χ2v) is 5.72. The molecular formula is C16H18N2O2S. The summed E-state index contributed by atoms with van der Waals surface area (Å²) >= 11 is 1.65. The number of rotatable bonds is 5. The normalized spacial score (nSPS) is 13.2. The number of benzene rings is 1. The van der Waals surface area contributed by atoms with Crippen LogP contribution in [0.15, 0.2) is 46.5 Å². The van der Waals surface area contributed by atoms with Crippen LogP contribution in [0.5, 0.6) is 11.5 Å². The predicted molar refractivity (Wildman–Crippen MR) is 83.2 cm³/mol. The maximum atomic E-state index is 5.63. The number of hydrogen-bond donors (Lipinski definition) is 1. The highest BCUT2D eigenvalue weighted by Gasteiger charge is 2.13. The summed E-state index contributed by atoms with van der Waals surface area (Å²) in [6.07, 6.45) is 1.83. The molecule has 0 saturated heterocycles. The zero-order valence-corrected chi connectivity index (χ0v) is 12.8. The Bertz CT molecular complexity index is 619. The standard InChI is InChI=1S/C16H18N2O2S/c1-2-17-11-12-4-3-7-18-16(12)21-13-5-6-14-15(10-13)20-9-8-19-14/h3-7,10,17H,2,8-9,11H2,1H3. The molecule has 1 aromatic heterocycles. The Morgan fingerprint density at radius 2 is 2.05 bits per heavy atom. The molecule has 0 atom stereocenters. The lowest BCUT2D eigenvalue weighted by Crippen LogP contribution is -2.15. The molecule has 0 radical (unpaired) electrons. The Labute approximate surface area is 128 Å². The van der Waals surface area contributed by atoms with Crippen LogP contribution in [-0.2, 0) is 6.54 Å². The second kappa shape index (κ2) is 6.83. The first-order chi connectivity index (χ1) is 10.4. The van der Waals surface area contributed by atoms with E-state index in [-0.39, 0.29) is 0 Å². The van der Waals surface area contributed by atoms with E-state index < -0.39 is 0 Å². The number of hydrogen-bond acceptors (Lipinski definition) is 5. The fourth-order valence-corrected chi connectivity index (χ4v) is 3.02. The average Bonchev–Trinajstić information content (AvgIpc) is 2.54. The zero-order chi connectivity index (χ0) is 14.5. The lowest BCUT2D eigenvalue weighted by molar-refractivity contribution is 0.171. The highest BCUT2D eigenvalue weighted by Crippen LogP contribution is 2.37. The van der Waals surface area contributed by atoms with E-state index in [0.29, 0.717) is 13.2 Å². The number of fused-ring (bicyclic) bond motifs is 1. The maximum Gasteiger partial charge on any atom is 0.162 e. The van der Waals surface area contributed by atoms with Crippen molar-refractivity contribution in [1.29, 1.82) is 0 Å². The highest BCUT2D eigenvalue weighted by atomic mass is 32.2. The molecule has 1 aliphatic heterocycles. The first-order valence-electron chi connectivity index (χ1n) is 7.09. The van der Waals surface area contributed by atoms with Gasteiger partial charge in [-0.1, -0.05) is 24.8 Å². The molecule has 1 aromatic carbocycles. The van der Waals surface area contributed by atoms with Crippen molar-refractivity contribution in [1.82, 2.24) is 10.3 Å². The van der Waals surface area contributed by atoms with Gasteiger partial charge in [0.1, 0.15) is 18.2 Å². The van der Waals surface area contributed by atoms with Crippen LogP contribution >= 0.6 is 11.8 Å². The van der Waals surface area contributed by atoms with Gasteiger partial charge >= 0.3 is 0 Å². The summed E-state index contributed by atoms with van der Waals surface area (Å²) < 4.78 is 11.2. The lowest BCUT2D eigenvalue weighted by Gasteiger charge is -2.18. The summed E-state index contributed by atoms with van der Waals surface area (Å²) in [5.74, 6) is 1.63. The van der Waals surface area contributed by atoms with Crippen LogP contribution < -0.4 is 14.8 Å². The molecule has 0 bridgehead atoms. The van der Waals surface area contributed by atoms with Gasteiger partial charge in [-0.25, -0.2) is 4.98 Å². The third kappa shape index (κ3) is 3.49. The first kappa shape index (κ1) is 14.2. The van der Waals surface area contributed by atoms with E-state index in [2.05, 4.69) is 23.3 Å². The summed E-state index contributed by atoms with van der Waals surface area (Å²) in [7, 11) is 0. The van der Waals surface area contributed by atoms with E-state index in [9.17, 15) is 0 Å². The Balaban J connectivity index is 1.80. The second-order valence-electron chi connectivity index (χ2n) is 4.66. The number of ether oxygens (including phenoxy) is 2. The first-order valence-corrected chi connectivity index (χ1v) is 7.90. The Morgan fingerprint density at radius 3 is 2.90 bits per heavy atom. The van der Waals surface area contributed by atoms with Gasteiger partial charge < -0.3 is 14.8 Å². The fraction of sp³-hybridized carbons (Fsp3) is 0.312. The van der Waals surface area contributed by atoms with E-state index in [1.54, 1.807) is 11.8 Å². The topological polar surface area (TPSA) is 43.4 Å². The maximum absolute atomic E-state index is 5.63. The minimum Gasteiger partial charge on any atom is -0.486 e. The van der Waals surface area contributed by atoms with E-state index >= 15 is 0 Å². The van der Waals surface area contributed by atoms with Crippen LogP contribution in [0.4, 0.5) is 0 Å². The zero-order valence-electron chi connectivity index (χ0n) is 12.0. The van der Waals surface area contributed by atoms with Gasteiger partial charge in [-0.05, 0) is 36.4 Å². The minimum absolute atomic E-state index is 0.608. The molecule has 0 unspecified atom stereocenters. The van der Waals surface area contributed by atoms with E-state index in [0.717, 1.165) is 34.5 Å². The van der Waals surface area contributed by atoms with Gasteiger partial charge in [-0.15, -0.1) is 0 Å². The fourth-order valence-electron chi connectivity index (χ4n) is 2.11. The van der Waals surface area contributed by atoms with Crippen molar-refractivity contribution < 1.29 is 9.47 Å². The molecule has 0 amide bonds. The molecule has 4 nitrogen and oxygen atoms in total. The summed E-state index contributed by atoms with van der Waals surface area (Å²) in [4.78, 5) is 5.60. The van der Waals surface area contributed by atoms with Crippen LogP contribution in [0.25, 0.3) is 0 Å². The molecule has 2 heterocycles. The number of nitrogens with zero attached hydrogens (tertiary/aromatic N) is 1. The molecule has 0 aliphatic carbocycles. The van der Waals surface area contributed by atoms with Gasteiger partial charge in [-0.2, -0.15) is 0 Å². The van der Waals surface area contributed by atoms with Gasteiger partial charge in [0, 0.05) is 17.6 Å². The minimum atomic E-state index is 0.608. The Hall–Kier alpha value is -1.72. The third-order valence-corrected chi connectivity index (χ3v) is 4.19. The van der Waals surface area contributed by atoms with Crippen LogP contribution in [0, 0.1) is 0 Å². The van der Waals surface area contributed by atoms with Crippen LogP contribution in [-0.4, -0.2) is 24.7 Å². The van der Waals surface area contributed by atoms with Gasteiger partial charge in [0.25, 0.3) is 0 Å². The molecular weight excluding hydrogens is 284 g/mol. The molecule has 3 rings (SSSR count). The Kier molecular flexibility index (Phi) is 4.62. The van der Waals surface area contributed by atoms with E-state index in [4.69, 9.17) is 9.47 Å². The largest absolute Gasteiger partial charge is 0.486 e. The monoisotopic (exact) mass is 302 g/mol. The average molecular weight is 302 g/mol. The van der Waals surface area contributed by atoms with Gasteiger partial charge in [-0.3, -0.25) is 0 Å². The number of aromatic nitrogens is 1. The van der Waals surface area contributed by atoms with Crippen LogP contribution in [0.2, 0.25) is 0 Å². The molecule has 110 valence electrons. The third-order valence-electron chi connectivity index (χ3n) is 3.14. The van der Waals surface area contributed by atoms with Crippen molar-refractivity contribution in [2.24, 2.45) is 0 Å². The molecule has 0 fully saturated rings. The highest BCUT2D eigenvalue weighted by molar-refractivity contribution is 7.99. The SMILES string of the molecule is CCNCc1cccnc1Sc1ccc2c(c1)OCCO2. The molecule has 1 N–H and O–H groups in total. The smallest absolute Gasteiger partial charge is 0.162 e. The molecule has 1 aliphatic rings. The number of pyridine rings is 1. The summed E-state index contributed by atoms with van der Waals surface area (Å²) in [5, 5.41) is 4.37. The van der Waals surface area contributed by atoms with Crippen molar-refractivity contribution >= 4 is 11.8 Å². The number of nitrogens with one attached hydrogen (secondary N) is 1. The van der Waals surface area contributed by atoms with Crippen molar-refractivity contribution in [3.8, 4) is 11.5 Å². The van der Waals surface area contributed by atoms with Crippen molar-refractivity contribution in [2.75, 3.05) is 19.8 Å². The van der Waals surface area contributed by atoms with Crippen molar-refractivity contribution in [3.63, 3.8) is 0 Å². The molecule has 0 spiro atoms. The van der Waals surface area contributed by atoms with Gasteiger partial charge in [0.15, 0.2) is 11.5 Å². The Morgan fingerprint density at radius 1 is 1.19 bits per heavy atom. The van der Waals surface area contributed by atoms with Gasteiger partial charge in [0.05, 0.1) is 0 Å². The van der Waals surface area contributed by atoms with Crippen molar-refractivity contribution in [3.05, 3.63) is 42.1 Å². The van der Waals surface area contributed by atoms with Gasteiger partial charge in [0.2, 0.25) is 0 Å². The van der Waals surface area contributed by atoms with Crippen LogP contribution in [0.3, 0.4) is 0 Å². The summed E-state index contributed by atoms with van der Waals surface area (Å²) in [6.45, 7) is 5.10. The molecule has 2 aromatic rings. The quantitative estimate of drug-likeness (QED) is 0.919. The summed E-state index contributed by atoms with van der Waals surface area (Å²) in [6, 6.07) is 10.1. The van der Waals surface area contributed by atoms with Crippen molar-refractivity contribution in [2.45, 2.75) is 23.4 Å². The van der Waals surface area contributed by atoms with E-state index in [1.807, 2.05) is 30.5 Å². The predicted octanol–water partition coefficient (Wildman–Crippen LogP) is 3.11. The summed E-state index contributed by atoms with van der Waals surface area (Å²) in [5.41, 5.74) is 1.21. The lowest BCUT2D eigenvalue weighted by atomic mass is 10.3. The van der Waals surface area contributed by atoms with E-state index in [1.165, 1.54) is 5.56 Å². The molecule has 21 heavy (non-hydrogen) atoms. The van der Waals surface area contributed by atoms with Crippen LogP contribution in [0.1, 0.15) is 12.5 Å². The molecule has 5 heteroatoms.